The molecular weight excluding hydrogens is 317 g/mol. The van der Waals surface area contributed by atoms with Gasteiger partial charge in [-0.2, -0.15) is 0 Å². The summed E-state index contributed by atoms with van der Waals surface area (Å²) in [5, 5.41) is 16.3. The molecule has 0 amide bonds. The summed E-state index contributed by atoms with van der Waals surface area (Å²) in [7, 11) is 0. The third-order valence-corrected chi connectivity index (χ3v) is 3.79. The lowest BCUT2D eigenvalue weighted by Crippen LogP contribution is -2.13. The van der Waals surface area contributed by atoms with E-state index in [1.807, 2.05) is 6.07 Å². The number of halogens is 2. The fourth-order valence-corrected chi connectivity index (χ4v) is 2.67. The third-order valence-electron chi connectivity index (χ3n) is 3.55. The van der Waals surface area contributed by atoms with Crippen LogP contribution in [0.4, 0.5) is 0 Å². The number of nitrogens with one attached hydrogen (secondary N) is 1. The Morgan fingerprint density at radius 1 is 0.864 bits per heavy atom. The standard InChI is InChI=1S/C18H16ClNO.ClH/c19-16-8-9-18(21)15(10-16)12-20-11-14-6-3-5-13-4-1-2-7-17(13)14;/h1-10,20-21H,11-12H2;1H. The number of phenolic OH excluding ortho intramolecular Hbond substituents is 1. The molecule has 0 bridgehead atoms. The summed E-state index contributed by atoms with van der Waals surface area (Å²) in [5.41, 5.74) is 2.05. The molecule has 0 saturated carbocycles. The van der Waals surface area contributed by atoms with Crippen LogP contribution < -0.4 is 5.32 Å². The highest BCUT2D eigenvalue weighted by atomic mass is 35.5. The Morgan fingerprint density at radius 2 is 1.59 bits per heavy atom. The van der Waals surface area contributed by atoms with Gasteiger partial charge in [0.1, 0.15) is 5.75 Å². The summed E-state index contributed by atoms with van der Waals surface area (Å²) >= 11 is 5.95. The molecule has 114 valence electrons. The minimum Gasteiger partial charge on any atom is -0.508 e. The normalized spacial score (nSPS) is 10.4. The molecule has 3 aromatic carbocycles. The van der Waals surface area contributed by atoms with Crippen molar-refractivity contribution in [2.24, 2.45) is 0 Å². The van der Waals surface area contributed by atoms with Crippen molar-refractivity contribution in [1.29, 1.82) is 0 Å². The first-order valence-electron chi connectivity index (χ1n) is 6.89. The van der Waals surface area contributed by atoms with Gasteiger partial charge in [0.2, 0.25) is 0 Å². The SMILES string of the molecule is Cl.Oc1ccc(Cl)cc1CNCc1cccc2ccccc12. The van der Waals surface area contributed by atoms with Gasteiger partial charge in [0.15, 0.2) is 0 Å². The van der Waals surface area contributed by atoms with Gasteiger partial charge in [0.25, 0.3) is 0 Å². The molecule has 0 aromatic heterocycles. The predicted octanol–water partition coefficient (Wildman–Crippen LogP) is 4.91. The summed E-state index contributed by atoms with van der Waals surface area (Å²) in [6.45, 7) is 1.32. The zero-order valence-electron chi connectivity index (χ0n) is 11.9. The summed E-state index contributed by atoms with van der Waals surface area (Å²) < 4.78 is 0. The molecule has 0 aliphatic rings. The molecule has 2 N–H and O–H groups in total. The van der Waals surface area contributed by atoms with E-state index in [9.17, 15) is 5.11 Å². The largest absolute Gasteiger partial charge is 0.508 e. The maximum absolute atomic E-state index is 9.81. The number of fused-ring (bicyclic) bond motifs is 1. The average molecular weight is 334 g/mol. The van der Waals surface area contributed by atoms with Gasteiger partial charge in [-0.3, -0.25) is 0 Å². The van der Waals surface area contributed by atoms with Gasteiger partial charge in [0.05, 0.1) is 0 Å². The van der Waals surface area contributed by atoms with E-state index in [-0.39, 0.29) is 18.2 Å². The second-order valence-corrected chi connectivity index (χ2v) is 5.45. The Balaban J connectivity index is 0.00000176. The Morgan fingerprint density at radius 3 is 2.45 bits per heavy atom. The van der Waals surface area contributed by atoms with Crippen LogP contribution in [0, 0.1) is 0 Å². The maximum Gasteiger partial charge on any atom is 0.120 e. The second-order valence-electron chi connectivity index (χ2n) is 5.01. The Hall–Kier alpha value is -1.74. The number of rotatable bonds is 4. The number of aromatic hydroxyl groups is 1. The molecule has 0 radical (unpaired) electrons. The highest BCUT2D eigenvalue weighted by Gasteiger charge is 2.03. The van der Waals surface area contributed by atoms with Crippen molar-refractivity contribution in [1.82, 2.24) is 5.32 Å². The van der Waals surface area contributed by atoms with Crippen LogP contribution >= 0.6 is 24.0 Å². The molecule has 0 spiro atoms. The zero-order valence-corrected chi connectivity index (χ0v) is 13.5. The lowest BCUT2D eigenvalue weighted by Gasteiger charge is -2.09. The van der Waals surface area contributed by atoms with Crippen molar-refractivity contribution >= 4 is 34.8 Å². The monoisotopic (exact) mass is 333 g/mol. The topological polar surface area (TPSA) is 32.3 Å². The summed E-state index contributed by atoms with van der Waals surface area (Å²) in [5.74, 6) is 0.268. The van der Waals surface area contributed by atoms with Crippen LogP contribution in [0.2, 0.25) is 5.02 Å². The molecule has 0 heterocycles. The minimum atomic E-state index is 0. The van der Waals surface area contributed by atoms with E-state index in [4.69, 9.17) is 11.6 Å². The van der Waals surface area contributed by atoms with Gasteiger partial charge in [-0.25, -0.2) is 0 Å². The van der Waals surface area contributed by atoms with Gasteiger partial charge >= 0.3 is 0 Å². The Labute approximate surface area is 141 Å². The van der Waals surface area contributed by atoms with Crippen molar-refractivity contribution in [3.63, 3.8) is 0 Å². The first kappa shape index (κ1) is 16.6. The van der Waals surface area contributed by atoms with Crippen LogP contribution in [0.15, 0.2) is 60.7 Å². The molecule has 0 saturated heterocycles. The predicted molar refractivity (Wildman–Crippen MR) is 94.9 cm³/mol. The van der Waals surface area contributed by atoms with Crippen LogP contribution in [0.3, 0.4) is 0 Å². The van der Waals surface area contributed by atoms with Crippen molar-refractivity contribution in [2.75, 3.05) is 0 Å². The van der Waals surface area contributed by atoms with Gasteiger partial charge < -0.3 is 10.4 Å². The number of hydrogen-bond donors (Lipinski definition) is 2. The lowest BCUT2D eigenvalue weighted by atomic mass is 10.0. The van der Waals surface area contributed by atoms with Crippen LogP contribution in [0.1, 0.15) is 11.1 Å². The number of phenols is 1. The summed E-state index contributed by atoms with van der Waals surface area (Å²) in [4.78, 5) is 0. The average Bonchev–Trinajstić information content (AvgIpc) is 2.51. The molecule has 3 rings (SSSR count). The highest BCUT2D eigenvalue weighted by molar-refractivity contribution is 6.30. The highest BCUT2D eigenvalue weighted by Crippen LogP contribution is 2.22. The molecule has 0 aliphatic carbocycles. The van der Waals surface area contributed by atoms with E-state index in [2.05, 4.69) is 41.7 Å². The molecule has 0 atom stereocenters. The fraction of sp³-hybridized carbons (Fsp3) is 0.111. The van der Waals surface area contributed by atoms with Crippen LogP contribution in [0.25, 0.3) is 10.8 Å². The quantitative estimate of drug-likeness (QED) is 0.710. The van der Waals surface area contributed by atoms with Crippen molar-refractivity contribution in [3.8, 4) is 5.75 Å². The first-order valence-corrected chi connectivity index (χ1v) is 7.26. The molecule has 22 heavy (non-hydrogen) atoms. The van der Waals surface area contributed by atoms with Crippen molar-refractivity contribution in [3.05, 3.63) is 76.8 Å². The smallest absolute Gasteiger partial charge is 0.120 e. The Bertz CT molecular complexity index is 769. The second kappa shape index (κ2) is 7.50. The van der Waals surface area contributed by atoms with Crippen LogP contribution in [-0.4, -0.2) is 5.11 Å². The maximum atomic E-state index is 9.81. The van der Waals surface area contributed by atoms with Gasteiger partial charge in [-0.15, -0.1) is 12.4 Å². The van der Waals surface area contributed by atoms with Crippen LogP contribution in [0.5, 0.6) is 5.75 Å². The third kappa shape index (κ3) is 3.72. The molecule has 2 nitrogen and oxygen atoms in total. The van der Waals surface area contributed by atoms with Gasteiger partial charge in [-0.1, -0.05) is 54.1 Å². The molecule has 0 fully saturated rings. The molecular formula is C18H17Cl2NO. The van der Waals surface area contributed by atoms with Crippen molar-refractivity contribution < 1.29 is 5.11 Å². The van der Waals surface area contributed by atoms with E-state index >= 15 is 0 Å². The van der Waals surface area contributed by atoms with Crippen LogP contribution in [-0.2, 0) is 13.1 Å². The Kier molecular flexibility index (Phi) is 5.67. The van der Waals surface area contributed by atoms with E-state index in [0.717, 1.165) is 12.1 Å². The van der Waals surface area contributed by atoms with E-state index in [1.54, 1.807) is 18.2 Å². The summed E-state index contributed by atoms with van der Waals surface area (Å²) in [6, 6.07) is 19.7. The molecule has 0 aliphatic heterocycles. The molecule has 4 heteroatoms. The van der Waals surface area contributed by atoms with E-state index in [0.29, 0.717) is 11.6 Å². The zero-order chi connectivity index (χ0) is 14.7. The summed E-state index contributed by atoms with van der Waals surface area (Å²) in [6.07, 6.45) is 0. The first-order chi connectivity index (χ1) is 10.2. The molecule has 3 aromatic rings. The van der Waals surface area contributed by atoms with E-state index < -0.39 is 0 Å². The molecule has 0 unspecified atom stereocenters. The number of benzene rings is 3. The number of hydrogen-bond acceptors (Lipinski definition) is 2. The van der Waals surface area contributed by atoms with Gasteiger partial charge in [-0.05, 0) is 34.5 Å². The van der Waals surface area contributed by atoms with Crippen molar-refractivity contribution in [2.45, 2.75) is 13.1 Å². The minimum absolute atomic E-state index is 0. The fourth-order valence-electron chi connectivity index (χ4n) is 2.47. The van der Waals surface area contributed by atoms with E-state index in [1.165, 1.54) is 16.3 Å². The lowest BCUT2D eigenvalue weighted by molar-refractivity contribution is 0.464. The van der Waals surface area contributed by atoms with Gasteiger partial charge in [0, 0.05) is 23.7 Å².